The fraction of sp³-hybridized carbons (Fsp3) is 0.682. The van der Waals surface area contributed by atoms with Crippen LogP contribution in [0.3, 0.4) is 0 Å². The number of hydrogen-bond acceptors (Lipinski definition) is 14. The molecule has 710 valence electrons. The van der Waals surface area contributed by atoms with Crippen LogP contribution in [0.5, 0.6) is 0 Å². The van der Waals surface area contributed by atoms with Crippen molar-refractivity contribution < 1.29 is 35.7 Å². The number of pyridine rings is 5. The maximum atomic E-state index is 14.8. The van der Waals surface area contributed by atoms with Gasteiger partial charge in [0.15, 0.2) is 39.1 Å². The first-order valence-electron chi connectivity index (χ1n) is 48.8. The Morgan fingerprint density at radius 3 is 0.984 bits per heavy atom. The number of allylic oxidation sites excluding steroid dienone is 1. The molecule has 4 saturated heterocycles. The van der Waals surface area contributed by atoms with Crippen molar-refractivity contribution in [2.24, 2.45) is 47.3 Å². The molecule has 0 radical (unpaired) electrons. The first-order valence-corrected chi connectivity index (χ1v) is 60.4. The molecule has 16 atom stereocenters. The van der Waals surface area contributed by atoms with Crippen LogP contribution in [0.4, 0.5) is 35.9 Å². The van der Waals surface area contributed by atoms with Gasteiger partial charge in [-0.15, -0.1) is 0 Å². The molecule has 4 aliphatic heterocycles. The summed E-state index contributed by atoms with van der Waals surface area (Å²) in [5, 5.41) is 0.892. The van der Waals surface area contributed by atoms with Gasteiger partial charge in [0.2, 0.25) is 0 Å². The van der Waals surface area contributed by atoms with E-state index in [2.05, 4.69) is 281 Å². The maximum Gasteiger partial charge on any atom is 0.192 e. The first kappa shape index (κ1) is 104. The Bertz CT molecular complexity index is 4720. The van der Waals surface area contributed by atoms with Gasteiger partial charge >= 0.3 is 0 Å². The summed E-state index contributed by atoms with van der Waals surface area (Å²) < 4.78 is 71.6. The summed E-state index contributed by atoms with van der Waals surface area (Å²) in [6, 6.07) is 6.19. The number of ketones is 1. The second-order valence-electron chi connectivity index (χ2n) is 47.2. The lowest BCUT2D eigenvalue weighted by atomic mass is 9.87. The second-order valence-corrected chi connectivity index (χ2v) is 66.2. The number of anilines is 4. The predicted molar refractivity (Wildman–Crippen MR) is 543 cm³/mol. The average molecular weight is 1830 g/mol. The topological polar surface area (TPSA) is 131 Å². The molecule has 4 fully saturated rings. The van der Waals surface area contributed by atoms with Gasteiger partial charge in [-0.25, -0.2) is 18.2 Å². The van der Waals surface area contributed by atoms with Gasteiger partial charge in [0.25, 0.3) is 0 Å². The smallest absolute Gasteiger partial charge is 0.192 e. The van der Waals surface area contributed by atoms with Gasteiger partial charge in [0, 0.05) is 123 Å². The van der Waals surface area contributed by atoms with Crippen LogP contribution in [0.15, 0.2) is 61.7 Å². The van der Waals surface area contributed by atoms with E-state index in [1.807, 2.05) is 12.4 Å². The van der Waals surface area contributed by atoms with Crippen molar-refractivity contribution in [2.45, 2.75) is 373 Å². The molecule has 0 bridgehead atoms. The van der Waals surface area contributed by atoms with Crippen molar-refractivity contribution in [3.8, 4) is 11.3 Å². The quantitative estimate of drug-likeness (QED) is 0.0634. The van der Waals surface area contributed by atoms with Gasteiger partial charge in [0.1, 0.15) is 23.1 Å². The van der Waals surface area contributed by atoms with Crippen LogP contribution in [0.25, 0.3) is 16.8 Å². The van der Waals surface area contributed by atoms with Crippen molar-refractivity contribution in [2.75, 3.05) is 72.0 Å². The number of piperidine rings is 4. The van der Waals surface area contributed by atoms with Gasteiger partial charge < -0.3 is 37.3 Å². The lowest BCUT2D eigenvalue weighted by molar-refractivity contribution is 0.0626. The Morgan fingerprint density at radius 1 is 0.406 bits per heavy atom. The number of aromatic nitrogens is 5. The van der Waals surface area contributed by atoms with E-state index in [-0.39, 0.29) is 51.3 Å². The minimum atomic E-state index is -1.93. The van der Waals surface area contributed by atoms with Crippen LogP contribution in [0, 0.1) is 78.6 Å². The van der Waals surface area contributed by atoms with Crippen molar-refractivity contribution in [1.82, 2.24) is 24.9 Å². The molecule has 4 aliphatic carbocycles. The number of Topliss-reactive ketones (excluding diaryl/α,β-unsaturated/α-hetero) is 1. The molecule has 128 heavy (non-hydrogen) atoms. The summed E-state index contributed by atoms with van der Waals surface area (Å²) in [5.74, 6) is 3.42. The molecular weight excluding hydrogens is 1660 g/mol. The molecule has 5 aromatic heterocycles. The number of carbonyl (C=O) groups excluding carboxylic acids is 1. The summed E-state index contributed by atoms with van der Waals surface area (Å²) in [4.78, 5) is 46.2. The molecule has 0 spiro atoms. The van der Waals surface area contributed by atoms with Gasteiger partial charge in [-0.1, -0.05) is 186 Å². The van der Waals surface area contributed by atoms with Gasteiger partial charge in [-0.05, 0) is 284 Å². The lowest BCUT2D eigenvalue weighted by Gasteiger charge is -2.48. The van der Waals surface area contributed by atoms with Gasteiger partial charge in [0.05, 0.1) is 46.9 Å². The third-order valence-corrected chi connectivity index (χ3v) is 50.2. The van der Waals surface area contributed by atoms with Crippen LogP contribution in [-0.4, -0.2) is 141 Å². The summed E-state index contributed by atoms with van der Waals surface area (Å²) in [6.45, 7) is 93.1. The molecule has 14 rings (SSSR count). The van der Waals surface area contributed by atoms with E-state index >= 15 is 0 Å². The number of benzene rings is 1. The van der Waals surface area contributed by atoms with Crippen molar-refractivity contribution >= 4 is 67.4 Å². The standard InChI is InChI=1S/C36H46F3N3OSi.C24H40N2O2Si.2C23H40N2OSi.CH4/c1-21-13-14-26-32(21)40-18-25(34(26)42-19-23(3)35(24(4)20-42)43-44(8,9)36(5,6)7)17-22(2)30-16-15-29(39)33(41-30)31-27(37)11-10-12-28(31)38;1-15-10-11-19-21(15)25-12-20(18(4)27)22(19)26-13-16(2)23(17(3)14-26)28-29(8,9)24(5,6)7;2*1-15-10-11-19-20(15)24-12-16(2)21(19)25-13-17(3)22(18(4)14-25)26-27(8,9)23(5,6)7;/h10-12,15-16,18,21,23-24,35H,2,13-14,17,19-20H2,1,3-9H3;12,15-17,23H,10-11,13-14H2,1-9H3;2*12,15,17-18,22H,10-11,13-14H2,1-9H3;1H4/t21-,23-,24+,35?;15-,16-,17+,23?;2*15-,17-,18+,22?;/m1111./s1. The number of fused-ring (bicyclic) bond motifs is 4. The lowest BCUT2D eigenvalue weighted by Crippen LogP contribution is -2.54. The summed E-state index contributed by atoms with van der Waals surface area (Å²) in [7, 11) is -7.23. The van der Waals surface area contributed by atoms with E-state index in [0.29, 0.717) is 101 Å². The molecule has 4 unspecified atom stereocenters. The SMILES string of the molecule is C.C=C(Cc1cnc2c(c1N1C[C@@H](C)C(O[Si](C)(C)C(C)(C)C)[C@@H](C)C1)CC[C@H]2C)c1ccc(F)c(-c2c(F)cccc2F)n1.CC(=O)c1cnc2c(c1N1C[C@@H](C)C(O[Si](C)(C)C(C)(C)C)[C@@H](C)C1)CC[C@H]2C.Cc1cnc2c(c1N1C[C@@H](C)C(O[Si](C)(C)C(C)(C)C)[C@@H](C)C1)CC[C@H]2C.Cc1cnc2c(c1N1C[C@@H](C)C(O[Si](C)(C)C(C)(C)C)[C@@H](C)C1)CC[C@H]2C. The van der Waals surface area contributed by atoms with Crippen LogP contribution in [0.1, 0.15) is 308 Å². The van der Waals surface area contributed by atoms with Crippen LogP contribution in [0.2, 0.25) is 72.5 Å². The minimum Gasteiger partial charge on any atom is -0.413 e. The van der Waals surface area contributed by atoms with E-state index in [4.69, 9.17) is 32.7 Å². The van der Waals surface area contributed by atoms with Crippen molar-refractivity contribution in [1.29, 1.82) is 0 Å². The Morgan fingerprint density at radius 2 is 0.680 bits per heavy atom. The number of carbonyl (C=O) groups is 1. The van der Waals surface area contributed by atoms with Crippen LogP contribution >= 0.6 is 0 Å². The fourth-order valence-electron chi connectivity index (χ4n) is 20.9. The van der Waals surface area contributed by atoms with Crippen LogP contribution in [-0.2, 0) is 49.8 Å². The number of hydrogen-bond donors (Lipinski definition) is 0. The fourth-order valence-corrected chi connectivity index (χ4v) is 26.9. The Hall–Kier alpha value is -5.92. The normalized spacial score (nSPS) is 26.3. The zero-order valence-corrected chi connectivity index (χ0v) is 89.4. The zero-order valence-electron chi connectivity index (χ0n) is 85.4. The predicted octanol–water partition coefficient (Wildman–Crippen LogP) is 27.6. The molecule has 0 amide bonds. The highest BCUT2D eigenvalue weighted by molar-refractivity contribution is 6.75. The number of halogens is 3. The van der Waals surface area contributed by atoms with E-state index < -0.39 is 56.3 Å². The average Bonchev–Trinajstić information content (AvgIpc) is 1.54. The summed E-state index contributed by atoms with van der Waals surface area (Å²) in [6.07, 6.45) is 18.7. The van der Waals surface area contributed by atoms with E-state index in [9.17, 15) is 18.0 Å². The second kappa shape index (κ2) is 39.9. The molecule has 0 saturated carbocycles. The molecular formula is C107H170F3N9O5Si4. The van der Waals surface area contributed by atoms with Gasteiger partial charge in [-0.2, -0.15) is 0 Å². The van der Waals surface area contributed by atoms with E-state index in [1.54, 1.807) is 6.92 Å². The summed E-state index contributed by atoms with van der Waals surface area (Å²) in [5.41, 5.74) is 20.7. The highest BCUT2D eigenvalue weighted by Crippen LogP contribution is 2.51. The van der Waals surface area contributed by atoms with Crippen molar-refractivity contribution in [3.05, 3.63) is 152 Å². The molecule has 21 heteroatoms. The van der Waals surface area contributed by atoms with Crippen molar-refractivity contribution in [3.63, 3.8) is 0 Å². The highest BCUT2D eigenvalue weighted by Gasteiger charge is 2.50. The van der Waals surface area contributed by atoms with Crippen LogP contribution < -0.4 is 19.6 Å². The molecule has 14 nitrogen and oxygen atoms in total. The molecule has 1 aromatic carbocycles. The third kappa shape index (κ3) is 22.2. The molecule has 0 N–H and O–H groups in total. The van der Waals surface area contributed by atoms with E-state index in [1.165, 1.54) is 111 Å². The van der Waals surface area contributed by atoms with E-state index in [0.717, 1.165) is 113 Å². The number of aryl methyl sites for hydroxylation is 2. The molecule has 9 heterocycles. The Balaban J connectivity index is 0.000000182. The molecule has 8 aliphatic rings. The first-order chi connectivity index (χ1) is 58.8. The van der Waals surface area contributed by atoms with Gasteiger partial charge in [-0.3, -0.25) is 24.7 Å². The number of rotatable bonds is 17. The monoisotopic (exact) mass is 1830 g/mol. The Labute approximate surface area is 778 Å². The third-order valence-electron chi connectivity index (χ3n) is 32.3. The minimum absolute atomic E-state index is 0. The maximum absolute atomic E-state index is 14.8. The zero-order chi connectivity index (χ0) is 94.2. The highest BCUT2D eigenvalue weighted by atomic mass is 28.4. The summed E-state index contributed by atoms with van der Waals surface area (Å²) >= 11 is 0. The Kier molecular flexibility index (Phi) is 32.5. The molecule has 6 aromatic rings. The number of nitrogens with zero attached hydrogens (tertiary/aromatic N) is 9. The largest absolute Gasteiger partial charge is 0.413 e.